The quantitative estimate of drug-likeness (QED) is 0.500. The molecule has 4 rings (SSSR count). The van der Waals surface area contributed by atoms with Gasteiger partial charge in [0.1, 0.15) is 12.1 Å². The van der Waals surface area contributed by atoms with Crippen LogP contribution in [-0.2, 0) is 6.42 Å². The van der Waals surface area contributed by atoms with Gasteiger partial charge < -0.3 is 0 Å². The molecule has 3 heterocycles. The van der Waals surface area contributed by atoms with Crippen LogP contribution in [0.25, 0.3) is 10.9 Å². The number of benzene rings is 1. The maximum absolute atomic E-state index is 13.1. The minimum absolute atomic E-state index is 0.0297. The average molecular weight is 372 g/mol. The molecule has 0 aliphatic heterocycles. The summed E-state index contributed by atoms with van der Waals surface area (Å²) in [5.74, 6) is -1.02. The zero-order valence-electron chi connectivity index (χ0n) is 14.5. The molecule has 0 saturated carbocycles. The van der Waals surface area contributed by atoms with E-state index in [9.17, 15) is 14.0 Å². The number of rotatable bonds is 5. The van der Waals surface area contributed by atoms with E-state index in [0.29, 0.717) is 33.3 Å². The SMILES string of the molecule is O=C(c1cncnc1)c1cc(C(=O)Cc2ccc(F)cn2)c2ncccc2c1. The Kier molecular flexibility index (Phi) is 4.63. The summed E-state index contributed by atoms with van der Waals surface area (Å²) in [5.41, 5.74) is 1.90. The summed E-state index contributed by atoms with van der Waals surface area (Å²) in [6, 6.07) is 9.44. The van der Waals surface area contributed by atoms with Crippen molar-refractivity contribution in [3.8, 4) is 0 Å². The first-order valence-electron chi connectivity index (χ1n) is 8.44. The van der Waals surface area contributed by atoms with E-state index in [2.05, 4.69) is 19.9 Å². The highest BCUT2D eigenvalue weighted by molar-refractivity contribution is 6.14. The highest BCUT2D eigenvalue weighted by Gasteiger charge is 2.18. The number of hydrogen-bond acceptors (Lipinski definition) is 6. The molecule has 0 bridgehead atoms. The molecule has 0 aliphatic rings. The van der Waals surface area contributed by atoms with Gasteiger partial charge >= 0.3 is 0 Å². The van der Waals surface area contributed by atoms with Gasteiger partial charge in [-0.1, -0.05) is 6.07 Å². The van der Waals surface area contributed by atoms with E-state index < -0.39 is 5.82 Å². The topological polar surface area (TPSA) is 85.7 Å². The molecule has 0 saturated heterocycles. The Bertz CT molecular complexity index is 1180. The fraction of sp³-hybridized carbons (Fsp3) is 0.0476. The molecule has 0 N–H and O–H groups in total. The molecule has 3 aromatic heterocycles. The summed E-state index contributed by atoms with van der Waals surface area (Å²) in [5, 5.41) is 0.667. The lowest BCUT2D eigenvalue weighted by Gasteiger charge is -2.09. The molecule has 136 valence electrons. The summed E-state index contributed by atoms with van der Waals surface area (Å²) >= 11 is 0. The first kappa shape index (κ1) is 17.5. The van der Waals surface area contributed by atoms with Gasteiger partial charge in [0, 0.05) is 40.8 Å². The summed E-state index contributed by atoms with van der Waals surface area (Å²) in [6.07, 6.45) is 6.80. The van der Waals surface area contributed by atoms with Crippen molar-refractivity contribution < 1.29 is 14.0 Å². The zero-order valence-corrected chi connectivity index (χ0v) is 14.5. The van der Waals surface area contributed by atoms with Gasteiger partial charge in [0.25, 0.3) is 0 Å². The summed E-state index contributed by atoms with van der Waals surface area (Å²) < 4.78 is 13.1. The van der Waals surface area contributed by atoms with Crippen LogP contribution in [0.4, 0.5) is 4.39 Å². The summed E-state index contributed by atoms with van der Waals surface area (Å²) in [6.45, 7) is 0. The number of carbonyl (C=O) groups is 2. The van der Waals surface area contributed by atoms with Gasteiger partial charge in [-0.05, 0) is 30.3 Å². The van der Waals surface area contributed by atoms with Crippen molar-refractivity contribution in [1.29, 1.82) is 0 Å². The predicted molar refractivity (Wildman–Crippen MR) is 99.4 cm³/mol. The molecule has 0 aliphatic carbocycles. The van der Waals surface area contributed by atoms with E-state index in [1.165, 1.54) is 36.9 Å². The molecule has 0 spiro atoms. The van der Waals surface area contributed by atoms with Crippen LogP contribution in [0.5, 0.6) is 0 Å². The van der Waals surface area contributed by atoms with Crippen LogP contribution in [0.2, 0.25) is 0 Å². The molecule has 1 aromatic carbocycles. The lowest BCUT2D eigenvalue weighted by molar-refractivity contribution is 0.0993. The van der Waals surface area contributed by atoms with Gasteiger partial charge in [-0.3, -0.25) is 19.6 Å². The molecule has 4 aromatic rings. The lowest BCUT2D eigenvalue weighted by Crippen LogP contribution is -2.10. The predicted octanol–water partition coefficient (Wildman–Crippen LogP) is 3.22. The highest BCUT2D eigenvalue weighted by Crippen LogP contribution is 2.22. The molecule has 28 heavy (non-hydrogen) atoms. The number of nitrogens with zero attached hydrogens (tertiary/aromatic N) is 4. The third-order valence-corrected chi connectivity index (χ3v) is 4.22. The smallest absolute Gasteiger partial charge is 0.196 e. The Morgan fingerprint density at radius 2 is 1.75 bits per heavy atom. The maximum Gasteiger partial charge on any atom is 0.196 e. The second-order valence-corrected chi connectivity index (χ2v) is 6.12. The number of Topliss-reactive ketones (excluding diaryl/α,β-unsaturated/α-hetero) is 1. The van der Waals surface area contributed by atoms with Gasteiger partial charge in [-0.15, -0.1) is 0 Å². The molecule has 0 radical (unpaired) electrons. The van der Waals surface area contributed by atoms with Gasteiger partial charge in [0.2, 0.25) is 0 Å². The first-order valence-corrected chi connectivity index (χ1v) is 8.44. The minimum atomic E-state index is -0.471. The Morgan fingerprint density at radius 1 is 0.929 bits per heavy atom. The van der Waals surface area contributed by atoms with Gasteiger partial charge in [-0.25, -0.2) is 14.4 Å². The number of hydrogen-bond donors (Lipinski definition) is 0. The zero-order chi connectivity index (χ0) is 19.5. The van der Waals surface area contributed by atoms with E-state index in [1.807, 2.05) is 0 Å². The number of aromatic nitrogens is 4. The number of ketones is 2. The van der Waals surface area contributed by atoms with Crippen LogP contribution in [0.3, 0.4) is 0 Å². The Balaban J connectivity index is 1.77. The normalized spacial score (nSPS) is 10.8. The minimum Gasteiger partial charge on any atom is -0.294 e. The average Bonchev–Trinajstić information content (AvgIpc) is 2.74. The van der Waals surface area contributed by atoms with Crippen LogP contribution in [0, 0.1) is 5.82 Å². The van der Waals surface area contributed by atoms with E-state index in [4.69, 9.17) is 0 Å². The molecule has 0 atom stereocenters. The van der Waals surface area contributed by atoms with E-state index in [0.717, 1.165) is 6.20 Å². The Hall–Kier alpha value is -3.87. The largest absolute Gasteiger partial charge is 0.294 e. The standard InChI is InChI=1S/C21H13FN4O2/c22-16-3-4-17(26-11-16)8-19(27)18-7-14(6-13-2-1-5-25-20(13)18)21(28)15-9-23-12-24-10-15/h1-7,9-12H,8H2. The number of fused-ring (bicyclic) bond motifs is 1. The van der Waals surface area contributed by atoms with Crippen molar-refractivity contribution in [2.45, 2.75) is 6.42 Å². The number of pyridine rings is 2. The third-order valence-electron chi connectivity index (χ3n) is 4.22. The van der Waals surface area contributed by atoms with Crippen molar-refractivity contribution in [1.82, 2.24) is 19.9 Å². The third kappa shape index (κ3) is 3.50. The van der Waals surface area contributed by atoms with Crippen molar-refractivity contribution in [3.63, 3.8) is 0 Å². The second kappa shape index (κ2) is 7.40. The van der Waals surface area contributed by atoms with Gasteiger partial charge in [0.05, 0.1) is 23.7 Å². The van der Waals surface area contributed by atoms with Crippen LogP contribution in [-0.4, -0.2) is 31.5 Å². The molecule has 6 nitrogen and oxygen atoms in total. The van der Waals surface area contributed by atoms with Crippen LogP contribution >= 0.6 is 0 Å². The van der Waals surface area contributed by atoms with Crippen molar-refractivity contribution >= 4 is 22.5 Å². The Labute approximate surface area is 159 Å². The van der Waals surface area contributed by atoms with Crippen LogP contribution < -0.4 is 0 Å². The lowest BCUT2D eigenvalue weighted by atomic mass is 9.96. The maximum atomic E-state index is 13.1. The monoisotopic (exact) mass is 372 g/mol. The molecular formula is C21H13FN4O2. The summed E-state index contributed by atoms with van der Waals surface area (Å²) in [7, 11) is 0. The van der Waals surface area contributed by atoms with E-state index in [1.54, 1.807) is 24.4 Å². The van der Waals surface area contributed by atoms with E-state index in [-0.39, 0.29) is 18.0 Å². The molecular weight excluding hydrogens is 359 g/mol. The fourth-order valence-electron chi connectivity index (χ4n) is 2.89. The summed E-state index contributed by atoms with van der Waals surface area (Å²) in [4.78, 5) is 41.7. The number of carbonyl (C=O) groups excluding carboxylic acids is 2. The van der Waals surface area contributed by atoms with Crippen molar-refractivity contribution in [2.75, 3.05) is 0 Å². The van der Waals surface area contributed by atoms with Gasteiger partial charge in [0.15, 0.2) is 11.6 Å². The molecule has 0 amide bonds. The van der Waals surface area contributed by atoms with Crippen molar-refractivity contribution in [3.05, 3.63) is 95.7 Å². The van der Waals surface area contributed by atoms with E-state index >= 15 is 0 Å². The number of halogens is 1. The fourth-order valence-corrected chi connectivity index (χ4v) is 2.89. The Morgan fingerprint density at radius 3 is 2.50 bits per heavy atom. The second-order valence-electron chi connectivity index (χ2n) is 6.12. The first-order chi connectivity index (χ1) is 13.6. The van der Waals surface area contributed by atoms with Gasteiger partial charge in [-0.2, -0.15) is 0 Å². The molecule has 0 unspecified atom stereocenters. The molecule has 0 fully saturated rings. The van der Waals surface area contributed by atoms with Crippen molar-refractivity contribution in [2.24, 2.45) is 0 Å². The van der Waals surface area contributed by atoms with Crippen LogP contribution in [0.15, 0.2) is 67.5 Å². The molecule has 7 heteroatoms. The van der Waals surface area contributed by atoms with Crippen LogP contribution in [0.1, 0.15) is 32.0 Å². The highest BCUT2D eigenvalue weighted by atomic mass is 19.1.